The van der Waals surface area contributed by atoms with Crippen molar-refractivity contribution in [3.63, 3.8) is 0 Å². The molecule has 2 aliphatic rings. The fourth-order valence-corrected chi connectivity index (χ4v) is 4.72. The number of rotatable bonds is 5. The normalized spacial score (nSPS) is 22.7. The lowest BCUT2D eigenvalue weighted by atomic mass is 9.75. The summed E-state index contributed by atoms with van der Waals surface area (Å²) in [6.07, 6.45) is 5.96. The van der Waals surface area contributed by atoms with Crippen LogP contribution in [-0.4, -0.2) is 40.8 Å². The Kier molecular flexibility index (Phi) is 6.77. The van der Waals surface area contributed by atoms with Gasteiger partial charge in [-0.2, -0.15) is 0 Å². The van der Waals surface area contributed by atoms with E-state index in [9.17, 15) is 19.7 Å². The highest BCUT2D eigenvalue weighted by molar-refractivity contribution is 6.32. The molecule has 3 rings (SSSR count). The number of carbonyl (C=O) groups excluding carboxylic acids is 2. The van der Waals surface area contributed by atoms with Crippen molar-refractivity contribution >= 4 is 29.1 Å². The van der Waals surface area contributed by atoms with E-state index in [-0.39, 0.29) is 28.1 Å². The van der Waals surface area contributed by atoms with Crippen LogP contribution in [-0.2, 0) is 4.79 Å². The summed E-state index contributed by atoms with van der Waals surface area (Å²) in [5, 5.41) is 13.8. The van der Waals surface area contributed by atoms with Gasteiger partial charge in [-0.05, 0) is 42.7 Å². The number of benzene rings is 1. The van der Waals surface area contributed by atoms with E-state index in [2.05, 4.69) is 5.32 Å². The third-order valence-electron chi connectivity index (χ3n) is 6.23. The molecule has 1 aromatic rings. The van der Waals surface area contributed by atoms with Crippen LogP contribution in [0.4, 0.5) is 5.69 Å². The Labute approximate surface area is 175 Å². The van der Waals surface area contributed by atoms with Gasteiger partial charge in [-0.15, -0.1) is 0 Å². The molecule has 158 valence electrons. The van der Waals surface area contributed by atoms with Crippen molar-refractivity contribution in [3.05, 3.63) is 38.9 Å². The zero-order valence-electron chi connectivity index (χ0n) is 16.9. The summed E-state index contributed by atoms with van der Waals surface area (Å²) in [6, 6.07) is 3.24. The maximum atomic E-state index is 13.2. The van der Waals surface area contributed by atoms with Crippen molar-refractivity contribution in [2.45, 2.75) is 52.0 Å². The van der Waals surface area contributed by atoms with E-state index in [1.165, 1.54) is 37.8 Å². The Hall–Kier alpha value is -2.15. The molecule has 2 fully saturated rings. The summed E-state index contributed by atoms with van der Waals surface area (Å²) >= 11 is 5.83. The van der Waals surface area contributed by atoms with Gasteiger partial charge >= 0.3 is 0 Å². The minimum atomic E-state index is -0.669. The van der Waals surface area contributed by atoms with Crippen molar-refractivity contribution in [2.75, 3.05) is 13.1 Å². The summed E-state index contributed by atoms with van der Waals surface area (Å²) in [5.74, 6) is 0.599. The Morgan fingerprint density at radius 3 is 2.55 bits per heavy atom. The zero-order valence-corrected chi connectivity index (χ0v) is 17.7. The molecule has 0 aromatic heterocycles. The predicted octanol–water partition coefficient (Wildman–Crippen LogP) is 4.04. The monoisotopic (exact) mass is 421 g/mol. The molecule has 8 heteroatoms. The fraction of sp³-hybridized carbons (Fsp3) is 0.619. The van der Waals surface area contributed by atoms with Crippen LogP contribution in [0.3, 0.4) is 0 Å². The maximum absolute atomic E-state index is 13.2. The first-order chi connectivity index (χ1) is 13.8. The molecule has 2 amide bonds. The maximum Gasteiger partial charge on any atom is 0.288 e. The van der Waals surface area contributed by atoms with Gasteiger partial charge < -0.3 is 10.2 Å². The average Bonchev–Trinajstić information content (AvgIpc) is 2.70. The van der Waals surface area contributed by atoms with Gasteiger partial charge in [0.1, 0.15) is 11.1 Å². The minimum absolute atomic E-state index is 0.0293. The van der Waals surface area contributed by atoms with E-state index < -0.39 is 16.9 Å². The third kappa shape index (κ3) is 4.89. The molecule has 29 heavy (non-hydrogen) atoms. The molecule has 1 heterocycles. The lowest BCUT2D eigenvalue weighted by Crippen LogP contribution is -2.54. The van der Waals surface area contributed by atoms with Crippen LogP contribution in [0.2, 0.25) is 5.02 Å². The van der Waals surface area contributed by atoms with Gasteiger partial charge in [0.2, 0.25) is 5.91 Å². The largest absolute Gasteiger partial charge is 0.341 e. The smallest absolute Gasteiger partial charge is 0.288 e. The molecule has 7 nitrogen and oxygen atoms in total. The molecule has 0 spiro atoms. The van der Waals surface area contributed by atoms with Crippen molar-refractivity contribution in [3.8, 4) is 0 Å². The number of nitro groups is 1. The van der Waals surface area contributed by atoms with Gasteiger partial charge in [0.05, 0.1) is 4.92 Å². The first kappa shape index (κ1) is 21.6. The lowest BCUT2D eigenvalue weighted by Gasteiger charge is -2.42. The number of nitrogens with zero attached hydrogens (tertiary/aromatic N) is 2. The van der Waals surface area contributed by atoms with Gasteiger partial charge in [-0.3, -0.25) is 19.7 Å². The minimum Gasteiger partial charge on any atom is -0.341 e. The van der Waals surface area contributed by atoms with Gasteiger partial charge in [-0.25, -0.2) is 0 Å². The van der Waals surface area contributed by atoms with Gasteiger partial charge in [-0.1, -0.05) is 44.7 Å². The number of carbonyl (C=O) groups is 2. The average molecular weight is 422 g/mol. The first-order valence-corrected chi connectivity index (χ1v) is 10.7. The Bertz CT molecular complexity index is 798. The third-order valence-corrected chi connectivity index (χ3v) is 6.55. The highest BCUT2D eigenvalue weighted by Crippen LogP contribution is 2.36. The van der Waals surface area contributed by atoms with Gasteiger partial charge in [0.25, 0.3) is 11.6 Å². The molecule has 0 bridgehead atoms. The molecule has 1 saturated carbocycles. The Morgan fingerprint density at radius 2 is 1.90 bits per heavy atom. The van der Waals surface area contributed by atoms with E-state index in [4.69, 9.17) is 11.6 Å². The number of nitrogens with one attached hydrogen (secondary N) is 1. The van der Waals surface area contributed by atoms with Crippen LogP contribution in [0.15, 0.2) is 18.2 Å². The number of piperidine rings is 1. The second-order valence-electron chi connectivity index (χ2n) is 8.50. The highest BCUT2D eigenvalue weighted by Gasteiger charge is 2.36. The van der Waals surface area contributed by atoms with E-state index in [0.717, 1.165) is 31.5 Å². The molecule has 1 saturated heterocycles. The summed E-state index contributed by atoms with van der Waals surface area (Å²) in [7, 11) is 0. The SMILES string of the molecule is CC(C)[C@H](NC(=O)c1ccc(Cl)c([N+](=O)[O-])c1)C(=O)N1CC[C@@H]2CCCC[C@@H]2C1. The number of nitro benzene ring substituents is 1. The molecule has 0 unspecified atom stereocenters. The number of hydrogen-bond acceptors (Lipinski definition) is 4. The van der Waals surface area contributed by atoms with Crippen LogP contribution in [0.5, 0.6) is 0 Å². The van der Waals surface area contributed by atoms with E-state index >= 15 is 0 Å². The van der Waals surface area contributed by atoms with Crippen molar-refractivity contribution in [1.82, 2.24) is 10.2 Å². The zero-order chi connectivity index (χ0) is 21.1. The lowest BCUT2D eigenvalue weighted by molar-refractivity contribution is -0.384. The second-order valence-corrected chi connectivity index (χ2v) is 8.90. The van der Waals surface area contributed by atoms with Crippen LogP contribution in [0.25, 0.3) is 0 Å². The highest BCUT2D eigenvalue weighted by atomic mass is 35.5. The number of amides is 2. The van der Waals surface area contributed by atoms with Crippen LogP contribution in [0, 0.1) is 27.9 Å². The van der Waals surface area contributed by atoms with Crippen LogP contribution >= 0.6 is 11.6 Å². The molecule has 1 aromatic carbocycles. The number of hydrogen-bond donors (Lipinski definition) is 1. The van der Waals surface area contributed by atoms with Gasteiger partial charge in [0, 0.05) is 24.7 Å². The topological polar surface area (TPSA) is 92.5 Å². The van der Waals surface area contributed by atoms with Crippen molar-refractivity contribution in [2.24, 2.45) is 17.8 Å². The summed E-state index contributed by atoms with van der Waals surface area (Å²) in [6.45, 7) is 5.27. The Balaban J connectivity index is 1.71. The van der Waals surface area contributed by atoms with E-state index in [1.54, 1.807) is 0 Å². The molecular formula is C21H28ClN3O4. The van der Waals surface area contributed by atoms with Crippen molar-refractivity contribution in [1.29, 1.82) is 0 Å². The Morgan fingerprint density at radius 1 is 1.21 bits per heavy atom. The predicted molar refractivity (Wildman–Crippen MR) is 111 cm³/mol. The molecule has 1 aliphatic heterocycles. The molecule has 1 N–H and O–H groups in total. The van der Waals surface area contributed by atoms with Crippen LogP contribution < -0.4 is 5.32 Å². The van der Waals surface area contributed by atoms with Crippen molar-refractivity contribution < 1.29 is 14.5 Å². The molecule has 1 aliphatic carbocycles. The standard InChI is InChI=1S/C21H28ClN3O4/c1-13(2)19(21(27)24-10-9-14-5-3-4-6-16(14)12-24)23-20(26)15-7-8-17(22)18(11-15)25(28)29/h7-8,11,13-14,16,19H,3-6,9-10,12H2,1-2H3,(H,23,26)/t14-,16+,19-/m0/s1. The number of halogens is 1. The summed E-state index contributed by atoms with van der Waals surface area (Å²) in [5.41, 5.74) is -0.211. The van der Waals surface area contributed by atoms with E-state index in [0.29, 0.717) is 5.92 Å². The van der Waals surface area contributed by atoms with Crippen LogP contribution in [0.1, 0.15) is 56.3 Å². The second kappa shape index (κ2) is 9.11. The quantitative estimate of drug-likeness (QED) is 0.573. The number of likely N-dealkylation sites (tertiary alicyclic amines) is 1. The first-order valence-electron chi connectivity index (χ1n) is 10.3. The summed E-state index contributed by atoms with van der Waals surface area (Å²) in [4.78, 5) is 38.3. The number of fused-ring (bicyclic) bond motifs is 1. The molecular weight excluding hydrogens is 394 g/mol. The molecule has 0 radical (unpaired) electrons. The van der Waals surface area contributed by atoms with Gasteiger partial charge in [0.15, 0.2) is 0 Å². The van der Waals surface area contributed by atoms with E-state index in [1.807, 2.05) is 18.7 Å². The fourth-order valence-electron chi connectivity index (χ4n) is 4.53. The molecule has 3 atom stereocenters. The summed E-state index contributed by atoms with van der Waals surface area (Å²) < 4.78 is 0.